The number of hydrogen-bond donors (Lipinski definition) is 1. The minimum atomic E-state index is -0.242. The lowest BCUT2D eigenvalue weighted by atomic mass is 9.91. The molecule has 0 aromatic heterocycles. The molecule has 2 amide bonds. The summed E-state index contributed by atoms with van der Waals surface area (Å²) in [4.78, 5) is 14.7. The molecule has 2 fully saturated rings. The Balaban J connectivity index is 1.69. The van der Waals surface area contributed by atoms with Gasteiger partial charge in [-0.1, -0.05) is 25.0 Å². The minimum absolute atomic E-state index is 0.0424. The summed E-state index contributed by atoms with van der Waals surface area (Å²) in [5.41, 5.74) is 0.995. The first-order valence-corrected chi connectivity index (χ1v) is 9.60. The van der Waals surface area contributed by atoms with Crippen LogP contribution in [0.3, 0.4) is 0 Å². The van der Waals surface area contributed by atoms with E-state index in [1.807, 2.05) is 11.8 Å². The van der Waals surface area contributed by atoms with E-state index in [-0.39, 0.29) is 24.0 Å². The van der Waals surface area contributed by atoms with Crippen LogP contribution < -0.4 is 5.32 Å². The SMILES string of the molecule is CCN(CC1CCCO1)C(=O)NC(c1ccc(F)cc1)C1CCCC1. The zero-order valence-electron chi connectivity index (χ0n) is 15.0. The molecule has 0 spiro atoms. The largest absolute Gasteiger partial charge is 0.376 e. The van der Waals surface area contributed by atoms with Crippen molar-refractivity contribution in [3.63, 3.8) is 0 Å². The number of ether oxygens (including phenoxy) is 1. The second-order valence-corrected chi connectivity index (χ2v) is 7.20. The Hall–Kier alpha value is -1.62. The van der Waals surface area contributed by atoms with Crippen molar-refractivity contribution in [3.8, 4) is 0 Å². The van der Waals surface area contributed by atoms with Gasteiger partial charge in [-0.05, 0) is 56.2 Å². The maximum absolute atomic E-state index is 13.3. The molecule has 1 aromatic rings. The van der Waals surface area contributed by atoms with E-state index in [9.17, 15) is 9.18 Å². The number of rotatable bonds is 6. The average molecular weight is 348 g/mol. The summed E-state index contributed by atoms with van der Waals surface area (Å²) in [5, 5.41) is 3.23. The summed E-state index contributed by atoms with van der Waals surface area (Å²) < 4.78 is 19.0. The molecule has 3 rings (SSSR count). The summed E-state index contributed by atoms with van der Waals surface area (Å²) >= 11 is 0. The fourth-order valence-corrected chi connectivity index (χ4v) is 4.05. The predicted octanol–water partition coefficient (Wildman–Crippen LogP) is 4.27. The number of amides is 2. The van der Waals surface area contributed by atoms with Gasteiger partial charge in [0.15, 0.2) is 0 Å². The summed E-state index contributed by atoms with van der Waals surface area (Å²) in [6.45, 7) is 4.09. The lowest BCUT2D eigenvalue weighted by molar-refractivity contribution is 0.0816. The number of likely N-dealkylation sites (N-methyl/N-ethyl adjacent to an activating group) is 1. The molecule has 1 N–H and O–H groups in total. The highest BCUT2D eigenvalue weighted by Crippen LogP contribution is 2.36. The minimum Gasteiger partial charge on any atom is -0.376 e. The van der Waals surface area contributed by atoms with Gasteiger partial charge in [0.2, 0.25) is 0 Å². The molecular formula is C20H29FN2O2. The molecule has 2 aliphatic rings. The molecule has 1 saturated carbocycles. The standard InChI is InChI=1S/C20H29FN2O2/c1-2-23(14-18-8-5-13-25-18)20(24)22-19(15-6-3-4-7-15)16-9-11-17(21)12-10-16/h9-12,15,18-19H,2-8,13-14H2,1H3,(H,22,24). The van der Waals surface area contributed by atoms with E-state index < -0.39 is 0 Å². The van der Waals surface area contributed by atoms with E-state index in [1.165, 1.54) is 25.0 Å². The molecule has 1 aromatic carbocycles. The third-order valence-corrected chi connectivity index (χ3v) is 5.50. The van der Waals surface area contributed by atoms with Gasteiger partial charge in [-0.25, -0.2) is 9.18 Å². The zero-order valence-corrected chi connectivity index (χ0v) is 15.0. The quantitative estimate of drug-likeness (QED) is 0.834. The van der Waals surface area contributed by atoms with Gasteiger partial charge in [0.1, 0.15) is 5.82 Å². The Morgan fingerprint density at radius 1 is 1.24 bits per heavy atom. The molecule has 1 aliphatic carbocycles. The van der Waals surface area contributed by atoms with Crippen LogP contribution in [-0.2, 0) is 4.74 Å². The third kappa shape index (κ3) is 4.72. The van der Waals surface area contributed by atoms with Crippen molar-refractivity contribution in [2.24, 2.45) is 5.92 Å². The highest BCUT2D eigenvalue weighted by molar-refractivity contribution is 5.74. The first kappa shape index (κ1) is 18.2. The predicted molar refractivity (Wildman–Crippen MR) is 95.9 cm³/mol. The Bertz CT molecular complexity index is 551. The van der Waals surface area contributed by atoms with Crippen LogP contribution in [-0.4, -0.2) is 36.7 Å². The Morgan fingerprint density at radius 3 is 2.56 bits per heavy atom. The molecule has 4 nitrogen and oxygen atoms in total. The van der Waals surface area contributed by atoms with Crippen molar-refractivity contribution >= 4 is 6.03 Å². The second kappa shape index (κ2) is 8.65. The van der Waals surface area contributed by atoms with E-state index >= 15 is 0 Å². The summed E-state index contributed by atoms with van der Waals surface area (Å²) in [5.74, 6) is 0.185. The summed E-state index contributed by atoms with van der Waals surface area (Å²) in [6, 6.07) is 6.47. The van der Waals surface area contributed by atoms with Crippen LogP contribution in [0.1, 0.15) is 57.1 Å². The topological polar surface area (TPSA) is 41.6 Å². The van der Waals surface area contributed by atoms with Crippen molar-refractivity contribution in [3.05, 3.63) is 35.6 Å². The lowest BCUT2D eigenvalue weighted by Crippen LogP contribution is -2.46. The second-order valence-electron chi connectivity index (χ2n) is 7.20. The van der Waals surface area contributed by atoms with Crippen LogP contribution in [0, 0.1) is 11.7 Å². The van der Waals surface area contributed by atoms with Crippen LogP contribution in [0.25, 0.3) is 0 Å². The Kier molecular flexibility index (Phi) is 6.29. The molecule has 25 heavy (non-hydrogen) atoms. The van der Waals surface area contributed by atoms with Crippen LogP contribution in [0.4, 0.5) is 9.18 Å². The number of nitrogens with zero attached hydrogens (tertiary/aromatic N) is 1. The number of benzene rings is 1. The van der Waals surface area contributed by atoms with Gasteiger partial charge in [-0.3, -0.25) is 0 Å². The maximum Gasteiger partial charge on any atom is 0.317 e. The fourth-order valence-electron chi connectivity index (χ4n) is 4.05. The van der Waals surface area contributed by atoms with Crippen molar-refractivity contribution in [1.29, 1.82) is 0 Å². The number of halogens is 1. The first-order valence-electron chi connectivity index (χ1n) is 9.60. The molecule has 1 saturated heterocycles. The first-order chi connectivity index (χ1) is 12.2. The van der Waals surface area contributed by atoms with Gasteiger partial charge in [0, 0.05) is 19.7 Å². The molecular weight excluding hydrogens is 319 g/mol. The van der Waals surface area contributed by atoms with Crippen molar-refractivity contribution in [2.75, 3.05) is 19.7 Å². The van der Waals surface area contributed by atoms with Gasteiger partial charge < -0.3 is 15.0 Å². The Morgan fingerprint density at radius 2 is 1.96 bits per heavy atom. The number of carbonyl (C=O) groups is 1. The van der Waals surface area contributed by atoms with Crippen molar-refractivity contribution in [2.45, 2.75) is 57.6 Å². The molecule has 2 unspecified atom stereocenters. The average Bonchev–Trinajstić information content (AvgIpc) is 3.32. The monoisotopic (exact) mass is 348 g/mol. The van der Waals surface area contributed by atoms with Crippen LogP contribution in [0.2, 0.25) is 0 Å². The molecule has 1 heterocycles. The van der Waals surface area contributed by atoms with Crippen LogP contribution in [0.5, 0.6) is 0 Å². The Labute approximate surface area is 149 Å². The zero-order chi connectivity index (χ0) is 17.6. The highest BCUT2D eigenvalue weighted by atomic mass is 19.1. The molecule has 2 atom stereocenters. The van der Waals surface area contributed by atoms with Gasteiger partial charge in [0.25, 0.3) is 0 Å². The van der Waals surface area contributed by atoms with E-state index in [0.29, 0.717) is 19.0 Å². The van der Waals surface area contributed by atoms with E-state index in [1.54, 1.807) is 12.1 Å². The summed E-state index contributed by atoms with van der Waals surface area (Å²) in [6.07, 6.45) is 6.87. The van der Waals surface area contributed by atoms with Gasteiger partial charge in [-0.15, -0.1) is 0 Å². The van der Waals surface area contributed by atoms with E-state index in [0.717, 1.165) is 37.9 Å². The van der Waals surface area contributed by atoms with Gasteiger partial charge >= 0.3 is 6.03 Å². The van der Waals surface area contributed by atoms with Crippen molar-refractivity contribution in [1.82, 2.24) is 10.2 Å². The van der Waals surface area contributed by atoms with Gasteiger partial charge in [0.05, 0.1) is 12.1 Å². The smallest absolute Gasteiger partial charge is 0.317 e. The highest BCUT2D eigenvalue weighted by Gasteiger charge is 2.30. The maximum atomic E-state index is 13.3. The van der Waals surface area contributed by atoms with Crippen LogP contribution in [0.15, 0.2) is 24.3 Å². The summed E-state index contributed by atoms with van der Waals surface area (Å²) in [7, 11) is 0. The molecule has 138 valence electrons. The van der Waals surface area contributed by atoms with E-state index in [4.69, 9.17) is 4.74 Å². The third-order valence-electron chi connectivity index (χ3n) is 5.50. The number of carbonyl (C=O) groups excluding carboxylic acids is 1. The molecule has 5 heteroatoms. The number of urea groups is 1. The van der Waals surface area contributed by atoms with E-state index in [2.05, 4.69) is 5.32 Å². The normalized spacial score (nSPS) is 22.1. The molecule has 0 radical (unpaired) electrons. The lowest BCUT2D eigenvalue weighted by Gasteiger charge is -2.30. The fraction of sp³-hybridized carbons (Fsp3) is 0.650. The molecule has 1 aliphatic heterocycles. The van der Waals surface area contributed by atoms with Gasteiger partial charge in [-0.2, -0.15) is 0 Å². The number of nitrogens with one attached hydrogen (secondary N) is 1. The van der Waals surface area contributed by atoms with Crippen LogP contribution >= 0.6 is 0 Å². The van der Waals surface area contributed by atoms with Crippen molar-refractivity contribution < 1.29 is 13.9 Å². The molecule has 0 bridgehead atoms. The number of hydrogen-bond acceptors (Lipinski definition) is 2.